The predicted octanol–water partition coefficient (Wildman–Crippen LogP) is 3.31. The number of benzene rings is 1. The molecule has 0 spiro atoms. The third-order valence-corrected chi connectivity index (χ3v) is 4.51. The zero-order valence-electron chi connectivity index (χ0n) is 15.1. The van der Waals surface area contributed by atoms with Crippen molar-refractivity contribution in [3.8, 4) is 0 Å². The van der Waals surface area contributed by atoms with Crippen molar-refractivity contribution >= 4 is 24.0 Å². The molecule has 2 aliphatic rings. The van der Waals surface area contributed by atoms with Crippen LogP contribution >= 0.6 is 0 Å². The lowest BCUT2D eigenvalue weighted by Crippen LogP contribution is -2.34. The number of carbonyl (C=O) groups is 1. The molecule has 0 atom stereocenters. The molecule has 27 heavy (non-hydrogen) atoms. The molecule has 0 unspecified atom stereocenters. The lowest BCUT2D eigenvalue weighted by Gasteiger charge is -2.20. The molecule has 3 heterocycles. The SMILES string of the molecule is Cc1oc2c(c1C(=O)NCc1ccc(F)c(F)c1)C1=NC(C)(C)CN1C=N2. The van der Waals surface area contributed by atoms with E-state index in [9.17, 15) is 13.6 Å². The topological polar surface area (TPSA) is 70.2 Å². The molecule has 0 radical (unpaired) electrons. The van der Waals surface area contributed by atoms with E-state index >= 15 is 0 Å². The number of rotatable bonds is 3. The molecule has 2 aromatic rings. The highest BCUT2D eigenvalue weighted by Gasteiger charge is 2.39. The Morgan fingerprint density at radius 3 is 2.85 bits per heavy atom. The molecule has 140 valence electrons. The molecule has 8 heteroatoms. The van der Waals surface area contributed by atoms with E-state index in [1.807, 2.05) is 18.7 Å². The first-order chi connectivity index (χ1) is 12.7. The Hall–Kier alpha value is -3.03. The normalized spacial score (nSPS) is 16.8. The van der Waals surface area contributed by atoms with E-state index < -0.39 is 11.6 Å². The Bertz CT molecular complexity index is 1010. The first-order valence-corrected chi connectivity index (χ1v) is 8.52. The van der Waals surface area contributed by atoms with Crippen LogP contribution in [0.15, 0.2) is 32.6 Å². The smallest absolute Gasteiger partial charge is 0.255 e. The fourth-order valence-corrected chi connectivity index (χ4v) is 3.32. The number of fused-ring (bicyclic) bond motifs is 3. The summed E-state index contributed by atoms with van der Waals surface area (Å²) in [5, 5.41) is 2.73. The van der Waals surface area contributed by atoms with Gasteiger partial charge in [-0.15, -0.1) is 0 Å². The Labute approximate surface area is 154 Å². The van der Waals surface area contributed by atoms with Crippen LogP contribution in [0.1, 0.15) is 41.1 Å². The van der Waals surface area contributed by atoms with E-state index in [2.05, 4.69) is 10.3 Å². The summed E-state index contributed by atoms with van der Waals surface area (Å²) in [7, 11) is 0. The molecule has 1 aromatic heterocycles. The Balaban J connectivity index is 1.63. The average molecular weight is 372 g/mol. The minimum Gasteiger partial charge on any atom is -0.442 e. The number of amides is 1. The van der Waals surface area contributed by atoms with Gasteiger partial charge in [0.05, 0.1) is 23.2 Å². The van der Waals surface area contributed by atoms with Crippen molar-refractivity contribution in [1.82, 2.24) is 10.2 Å². The number of nitrogens with one attached hydrogen (secondary N) is 1. The molecular formula is C19H18F2N4O2. The number of carbonyl (C=O) groups excluding carboxylic acids is 1. The standard InChI is InChI=1S/C19H18F2N4O2/c1-10-14(17(26)22-7-11-4-5-12(20)13(21)6-11)15-16-24-19(2,3)8-25(16)9-23-18(15)27-10/h4-6,9H,7-8H2,1-3H3,(H,22,26). The summed E-state index contributed by atoms with van der Waals surface area (Å²) in [6, 6.07) is 3.51. The van der Waals surface area contributed by atoms with Crippen LogP contribution in [-0.2, 0) is 6.54 Å². The molecule has 6 nitrogen and oxygen atoms in total. The van der Waals surface area contributed by atoms with Crippen molar-refractivity contribution in [1.29, 1.82) is 0 Å². The van der Waals surface area contributed by atoms with Crippen molar-refractivity contribution in [2.75, 3.05) is 6.54 Å². The molecule has 0 bridgehead atoms. The quantitative estimate of drug-likeness (QED) is 0.899. The van der Waals surface area contributed by atoms with Gasteiger partial charge in [-0.2, -0.15) is 0 Å². The number of amidine groups is 1. The van der Waals surface area contributed by atoms with Gasteiger partial charge in [0.2, 0.25) is 5.88 Å². The lowest BCUT2D eigenvalue weighted by atomic mass is 10.1. The molecule has 2 aliphatic heterocycles. The number of aryl methyl sites for hydroxylation is 1. The van der Waals surface area contributed by atoms with E-state index in [1.54, 1.807) is 13.3 Å². The highest BCUT2D eigenvalue weighted by molar-refractivity contribution is 6.17. The van der Waals surface area contributed by atoms with Crippen molar-refractivity contribution in [2.45, 2.75) is 32.9 Å². The number of nitrogens with zero attached hydrogens (tertiary/aromatic N) is 3. The summed E-state index contributed by atoms with van der Waals surface area (Å²) in [4.78, 5) is 23.7. The van der Waals surface area contributed by atoms with E-state index in [1.165, 1.54) is 6.07 Å². The van der Waals surface area contributed by atoms with Crippen molar-refractivity contribution in [3.63, 3.8) is 0 Å². The number of aliphatic imine (C=N–C) groups is 2. The Morgan fingerprint density at radius 1 is 1.33 bits per heavy atom. The molecule has 0 fully saturated rings. The van der Waals surface area contributed by atoms with Gasteiger partial charge < -0.3 is 14.6 Å². The second kappa shape index (κ2) is 6.00. The maximum absolute atomic E-state index is 13.3. The predicted molar refractivity (Wildman–Crippen MR) is 96.4 cm³/mol. The molecule has 0 aliphatic carbocycles. The van der Waals surface area contributed by atoms with Gasteiger partial charge in [0, 0.05) is 6.54 Å². The Kier molecular flexibility index (Phi) is 3.87. The fraction of sp³-hybridized carbons (Fsp3) is 0.316. The van der Waals surface area contributed by atoms with Gasteiger partial charge in [-0.1, -0.05) is 6.07 Å². The van der Waals surface area contributed by atoms with Crippen molar-refractivity contribution in [3.05, 3.63) is 52.3 Å². The lowest BCUT2D eigenvalue weighted by molar-refractivity contribution is 0.0949. The van der Waals surface area contributed by atoms with Gasteiger partial charge >= 0.3 is 0 Å². The van der Waals surface area contributed by atoms with Crippen LogP contribution in [0.4, 0.5) is 14.7 Å². The third kappa shape index (κ3) is 3.01. The first kappa shape index (κ1) is 17.4. The number of furan rings is 1. The van der Waals surface area contributed by atoms with Crippen LogP contribution < -0.4 is 5.32 Å². The van der Waals surface area contributed by atoms with Gasteiger partial charge in [-0.05, 0) is 38.5 Å². The minimum absolute atomic E-state index is 0.0559. The van der Waals surface area contributed by atoms with Gasteiger partial charge in [0.25, 0.3) is 5.91 Å². The van der Waals surface area contributed by atoms with E-state index in [0.717, 1.165) is 12.1 Å². The second-order valence-electron chi connectivity index (χ2n) is 7.26. The average Bonchev–Trinajstić information content (AvgIpc) is 3.10. The largest absolute Gasteiger partial charge is 0.442 e. The zero-order valence-corrected chi connectivity index (χ0v) is 15.1. The van der Waals surface area contributed by atoms with Crippen LogP contribution in [0.25, 0.3) is 0 Å². The second-order valence-corrected chi connectivity index (χ2v) is 7.26. The van der Waals surface area contributed by atoms with E-state index in [0.29, 0.717) is 40.7 Å². The monoisotopic (exact) mass is 372 g/mol. The maximum atomic E-state index is 13.3. The van der Waals surface area contributed by atoms with Gasteiger partial charge in [0.1, 0.15) is 17.9 Å². The van der Waals surface area contributed by atoms with Crippen molar-refractivity contribution < 1.29 is 18.0 Å². The number of halogens is 2. The summed E-state index contributed by atoms with van der Waals surface area (Å²) >= 11 is 0. The minimum atomic E-state index is -0.953. The van der Waals surface area contributed by atoms with Gasteiger partial charge in [-0.25, -0.2) is 13.8 Å². The Morgan fingerprint density at radius 2 is 2.11 bits per heavy atom. The molecule has 1 amide bonds. The van der Waals surface area contributed by atoms with Crippen LogP contribution in [0.2, 0.25) is 0 Å². The summed E-state index contributed by atoms with van der Waals surface area (Å²) in [6.07, 6.45) is 1.65. The van der Waals surface area contributed by atoms with E-state index in [-0.39, 0.29) is 18.0 Å². The van der Waals surface area contributed by atoms with Crippen LogP contribution in [0, 0.1) is 18.6 Å². The van der Waals surface area contributed by atoms with Crippen molar-refractivity contribution in [2.24, 2.45) is 9.98 Å². The highest BCUT2D eigenvalue weighted by Crippen LogP contribution is 2.36. The molecule has 0 saturated heterocycles. The fourth-order valence-electron chi connectivity index (χ4n) is 3.32. The number of hydrogen-bond donors (Lipinski definition) is 1. The van der Waals surface area contributed by atoms with Gasteiger partial charge in [0.15, 0.2) is 11.6 Å². The molecular weight excluding hydrogens is 354 g/mol. The zero-order chi connectivity index (χ0) is 19.3. The highest BCUT2D eigenvalue weighted by atomic mass is 19.2. The molecule has 0 saturated carbocycles. The van der Waals surface area contributed by atoms with Crippen LogP contribution in [-0.4, -0.2) is 35.1 Å². The summed E-state index contributed by atoms with van der Waals surface area (Å²) in [5.74, 6) is -0.838. The summed E-state index contributed by atoms with van der Waals surface area (Å²) < 4.78 is 32.0. The van der Waals surface area contributed by atoms with Crippen LogP contribution in [0.5, 0.6) is 0 Å². The molecule has 1 aromatic carbocycles. The first-order valence-electron chi connectivity index (χ1n) is 8.52. The third-order valence-electron chi connectivity index (χ3n) is 4.51. The molecule has 4 rings (SSSR count). The maximum Gasteiger partial charge on any atom is 0.255 e. The van der Waals surface area contributed by atoms with Gasteiger partial charge in [-0.3, -0.25) is 9.79 Å². The van der Waals surface area contributed by atoms with E-state index in [4.69, 9.17) is 9.41 Å². The number of hydrogen-bond acceptors (Lipinski definition) is 5. The molecule has 1 N–H and O–H groups in total. The van der Waals surface area contributed by atoms with Crippen LogP contribution in [0.3, 0.4) is 0 Å². The summed E-state index contributed by atoms with van der Waals surface area (Å²) in [6.45, 7) is 6.40. The summed E-state index contributed by atoms with van der Waals surface area (Å²) in [5.41, 5.74) is 1.07.